The van der Waals surface area contributed by atoms with Gasteiger partial charge in [-0.25, -0.2) is 13.2 Å². The van der Waals surface area contributed by atoms with E-state index < -0.39 is 38.6 Å². The van der Waals surface area contributed by atoms with Crippen LogP contribution in [0.5, 0.6) is 0 Å². The van der Waals surface area contributed by atoms with E-state index in [2.05, 4.69) is 5.32 Å². The molecule has 0 spiro atoms. The number of esters is 1. The maximum absolute atomic E-state index is 12.0. The van der Waals surface area contributed by atoms with Gasteiger partial charge >= 0.3 is 5.97 Å². The number of amides is 1. The second kappa shape index (κ2) is 6.11. The molecule has 1 N–H and O–H groups in total. The normalized spacial score (nSPS) is 23.7. The molecule has 0 aromatic rings. The number of ether oxygens (including phenoxy) is 1. The topological polar surface area (TPSA) is 89.5 Å². The molecule has 1 saturated heterocycles. The van der Waals surface area contributed by atoms with Gasteiger partial charge in [0.05, 0.1) is 5.75 Å². The highest BCUT2D eigenvalue weighted by atomic mass is 32.2. The van der Waals surface area contributed by atoms with Crippen LogP contribution in [-0.4, -0.2) is 42.9 Å². The summed E-state index contributed by atoms with van der Waals surface area (Å²) in [4.78, 5) is 23.7. The van der Waals surface area contributed by atoms with Crippen LogP contribution in [0.3, 0.4) is 0 Å². The zero-order chi connectivity index (χ0) is 15.6. The average molecular weight is 305 g/mol. The minimum atomic E-state index is -3.39. The molecule has 116 valence electrons. The van der Waals surface area contributed by atoms with Gasteiger partial charge in [-0.3, -0.25) is 4.79 Å². The highest BCUT2D eigenvalue weighted by molar-refractivity contribution is 7.92. The summed E-state index contributed by atoms with van der Waals surface area (Å²) in [7, 11) is -3.39. The van der Waals surface area contributed by atoms with Crippen LogP contribution in [0.25, 0.3) is 0 Å². The molecule has 7 heteroatoms. The van der Waals surface area contributed by atoms with Gasteiger partial charge < -0.3 is 10.1 Å². The van der Waals surface area contributed by atoms with Gasteiger partial charge in [0.2, 0.25) is 5.91 Å². The van der Waals surface area contributed by atoms with Gasteiger partial charge in [0, 0.05) is 0 Å². The Morgan fingerprint density at radius 3 is 2.35 bits per heavy atom. The van der Waals surface area contributed by atoms with Crippen molar-refractivity contribution in [3.05, 3.63) is 0 Å². The summed E-state index contributed by atoms with van der Waals surface area (Å²) in [5, 5.41) is 1.39. The zero-order valence-corrected chi connectivity index (χ0v) is 13.2. The Labute approximate surface area is 120 Å². The van der Waals surface area contributed by atoms with Crippen molar-refractivity contribution < 1.29 is 22.7 Å². The molecule has 1 amide bonds. The molecule has 0 radical (unpaired) electrons. The molecule has 6 nitrogen and oxygen atoms in total. The summed E-state index contributed by atoms with van der Waals surface area (Å²) in [6, 6.07) is -0.862. The lowest BCUT2D eigenvalue weighted by Gasteiger charge is -2.25. The molecule has 1 heterocycles. The number of sulfone groups is 1. The van der Waals surface area contributed by atoms with Crippen LogP contribution >= 0.6 is 0 Å². The predicted octanol–water partition coefficient (Wildman–Crippen LogP) is 0.800. The third-order valence-electron chi connectivity index (χ3n) is 2.99. The smallest absolute Gasteiger partial charge is 0.328 e. The first-order valence-electron chi connectivity index (χ1n) is 6.78. The van der Waals surface area contributed by atoms with E-state index in [4.69, 9.17) is 4.74 Å². The van der Waals surface area contributed by atoms with Crippen molar-refractivity contribution in [2.24, 2.45) is 0 Å². The number of hydrogen-bond donors (Lipinski definition) is 1. The van der Waals surface area contributed by atoms with E-state index in [9.17, 15) is 18.0 Å². The van der Waals surface area contributed by atoms with Gasteiger partial charge in [-0.2, -0.15) is 0 Å². The molecule has 1 unspecified atom stereocenters. The Kier molecular flexibility index (Phi) is 5.18. The van der Waals surface area contributed by atoms with Crippen LogP contribution in [0, 0.1) is 0 Å². The fourth-order valence-corrected chi connectivity index (χ4v) is 3.82. The SMILES string of the molecule is C[C@H](NC(=O)C1CCCCS1(=O)=O)C(=O)OC(C)(C)C. The summed E-state index contributed by atoms with van der Waals surface area (Å²) in [5.41, 5.74) is -0.646. The Morgan fingerprint density at radius 1 is 1.25 bits per heavy atom. The lowest BCUT2D eigenvalue weighted by atomic mass is 10.1. The highest BCUT2D eigenvalue weighted by Gasteiger charge is 2.36. The van der Waals surface area contributed by atoms with Gasteiger partial charge in [0.1, 0.15) is 16.9 Å². The van der Waals surface area contributed by atoms with Crippen molar-refractivity contribution in [1.29, 1.82) is 0 Å². The fourth-order valence-electron chi connectivity index (χ4n) is 2.00. The number of carbonyl (C=O) groups is 2. The Bertz CT molecular complexity index is 477. The first-order chi connectivity index (χ1) is 9.03. The predicted molar refractivity (Wildman–Crippen MR) is 74.9 cm³/mol. The quantitative estimate of drug-likeness (QED) is 0.779. The Morgan fingerprint density at radius 2 is 1.85 bits per heavy atom. The molecule has 1 rings (SSSR count). The van der Waals surface area contributed by atoms with Crippen molar-refractivity contribution in [2.45, 2.75) is 63.9 Å². The summed E-state index contributed by atoms with van der Waals surface area (Å²) in [5.74, 6) is -1.14. The molecule has 1 fully saturated rings. The molecule has 1 aliphatic rings. The van der Waals surface area contributed by atoms with E-state index in [-0.39, 0.29) is 5.75 Å². The highest BCUT2D eigenvalue weighted by Crippen LogP contribution is 2.19. The van der Waals surface area contributed by atoms with Gasteiger partial charge in [-0.1, -0.05) is 6.42 Å². The lowest BCUT2D eigenvalue weighted by molar-refractivity contribution is -0.158. The molecule has 2 atom stereocenters. The largest absolute Gasteiger partial charge is 0.458 e. The fraction of sp³-hybridized carbons (Fsp3) is 0.846. The molecule has 0 aromatic carbocycles. The van der Waals surface area contributed by atoms with Crippen LogP contribution in [-0.2, 0) is 24.2 Å². The standard InChI is InChI=1S/C13H23NO5S/c1-9(12(16)19-13(2,3)4)14-11(15)10-7-5-6-8-20(10,17)18/h9-10H,5-8H2,1-4H3,(H,14,15)/t9-,10?/m0/s1. The maximum atomic E-state index is 12.0. The van der Waals surface area contributed by atoms with E-state index >= 15 is 0 Å². The van der Waals surface area contributed by atoms with E-state index in [1.165, 1.54) is 6.92 Å². The van der Waals surface area contributed by atoms with Crippen LogP contribution in [0.2, 0.25) is 0 Å². The van der Waals surface area contributed by atoms with Crippen molar-refractivity contribution in [2.75, 3.05) is 5.75 Å². The summed E-state index contributed by atoms with van der Waals surface area (Å²) < 4.78 is 28.8. The first-order valence-corrected chi connectivity index (χ1v) is 8.49. The van der Waals surface area contributed by atoms with Crippen molar-refractivity contribution in [3.63, 3.8) is 0 Å². The minimum Gasteiger partial charge on any atom is -0.458 e. The number of carbonyl (C=O) groups excluding carboxylic acids is 2. The third-order valence-corrected chi connectivity index (χ3v) is 5.16. The molecule has 0 aliphatic carbocycles. The number of nitrogens with one attached hydrogen (secondary N) is 1. The summed E-state index contributed by atoms with van der Waals surface area (Å²) >= 11 is 0. The van der Waals surface area contributed by atoms with E-state index in [0.717, 1.165) is 0 Å². The maximum Gasteiger partial charge on any atom is 0.328 e. The van der Waals surface area contributed by atoms with E-state index in [1.54, 1.807) is 20.8 Å². The minimum absolute atomic E-state index is 0.0336. The average Bonchev–Trinajstić information content (AvgIpc) is 2.25. The molecule has 0 saturated carbocycles. The summed E-state index contributed by atoms with van der Waals surface area (Å²) in [6.07, 6.45) is 1.61. The number of rotatable bonds is 3. The van der Waals surface area contributed by atoms with Crippen LogP contribution in [0.1, 0.15) is 47.0 Å². The van der Waals surface area contributed by atoms with Crippen molar-refractivity contribution >= 4 is 21.7 Å². The molecule has 0 bridgehead atoms. The third kappa shape index (κ3) is 4.77. The van der Waals surface area contributed by atoms with Gasteiger partial charge in [-0.15, -0.1) is 0 Å². The van der Waals surface area contributed by atoms with Crippen LogP contribution in [0.4, 0.5) is 0 Å². The molecular weight excluding hydrogens is 282 g/mol. The monoisotopic (exact) mass is 305 g/mol. The van der Waals surface area contributed by atoms with Crippen LogP contribution < -0.4 is 5.32 Å². The van der Waals surface area contributed by atoms with Crippen molar-refractivity contribution in [1.82, 2.24) is 5.32 Å². The second-order valence-electron chi connectivity index (χ2n) is 6.12. The zero-order valence-electron chi connectivity index (χ0n) is 12.4. The molecule has 1 aliphatic heterocycles. The van der Waals surface area contributed by atoms with Gasteiger partial charge in [0.25, 0.3) is 0 Å². The molecule has 0 aromatic heterocycles. The van der Waals surface area contributed by atoms with E-state index in [1.807, 2.05) is 0 Å². The molecule has 20 heavy (non-hydrogen) atoms. The first kappa shape index (κ1) is 16.9. The molecular formula is C13H23NO5S. The number of hydrogen-bond acceptors (Lipinski definition) is 5. The Hall–Kier alpha value is -1.11. The van der Waals surface area contributed by atoms with Crippen LogP contribution in [0.15, 0.2) is 0 Å². The second-order valence-corrected chi connectivity index (χ2v) is 8.42. The van der Waals surface area contributed by atoms with Gasteiger partial charge in [0.15, 0.2) is 9.84 Å². The Balaban J connectivity index is 2.64. The van der Waals surface area contributed by atoms with Crippen molar-refractivity contribution in [3.8, 4) is 0 Å². The van der Waals surface area contributed by atoms with E-state index in [0.29, 0.717) is 19.3 Å². The van der Waals surface area contributed by atoms with Gasteiger partial charge in [-0.05, 0) is 40.5 Å². The lowest BCUT2D eigenvalue weighted by Crippen LogP contribution is -2.49. The summed E-state index contributed by atoms with van der Waals surface area (Å²) in [6.45, 7) is 6.67.